The van der Waals surface area contributed by atoms with Crippen molar-refractivity contribution in [1.29, 1.82) is 0 Å². The predicted octanol–water partition coefficient (Wildman–Crippen LogP) is 7.94. The Kier molecular flexibility index (Phi) is 4.78. The summed E-state index contributed by atoms with van der Waals surface area (Å²) in [7, 11) is 2.14. The van der Waals surface area contributed by atoms with Gasteiger partial charge in [-0.05, 0) is 51.9 Å². The number of fused-ring (bicyclic) bond motifs is 1. The van der Waals surface area contributed by atoms with Crippen LogP contribution in [0.25, 0.3) is 33.0 Å². The average molecular weight is 386 g/mol. The van der Waals surface area contributed by atoms with Crippen LogP contribution in [0, 0.1) is 0 Å². The summed E-state index contributed by atoms with van der Waals surface area (Å²) in [5.41, 5.74) is 7.33. The maximum Gasteiger partial charge on any atom is 0.0487 e. The molecule has 0 atom stereocenters. The van der Waals surface area contributed by atoms with E-state index in [1.165, 1.54) is 44.4 Å². The molecule has 5 rings (SSSR count). The third-order valence-electron chi connectivity index (χ3n) is 5.69. The van der Waals surface area contributed by atoms with Crippen molar-refractivity contribution >= 4 is 22.1 Å². The Labute approximate surface area is 177 Å². The summed E-state index contributed by atoms with van der Waals surface area (Å²) in [4.78, 5) is 2.27. The third-order valence-corrected chi connectivity index (χ3v) is 5.69. The zero-order valence-electron chi connectivity index (χ0n) is 17.0. The second kappa shape index (κ2) is 7.88. The topological polar surface area (TPSA) is 3.24 Å². The molecule has 0 saturated heterocycles. The zero-order chi connectivity index (χ0) is 20.3. The van der Waals surface area contributed by atoms with Crippen molar-refractivity contribution < 1.29 is 0 Å². The van der Waals surface area contributed by atoms with Gasteiger partial charge in [0, 0.05) is 23.8 Å². The van der Waals surface area contributed by atoms with E-state index in [-0.39, 0.29) is 0 Å². The Morgan fingerprint density at radius 2 is 1.03 bits per heavy atom. The molecule has 0 aromatic heterocycles. The molecule has 0 aliphatic heterocycles. The first-order valence-electron chi connectivity index (χ1n) is 10.3. The average Bonchev–Trinajstić information content (AvgIpc) is 2.84. The lowest BCUT2D eigenvalue weighted by atomic mass is 9.99. The molecule has 0 spiro atoms. The SMILES string of the molecule is CN(c1ccc(-c2ccccc2)cc1)c1cccc2ccc(-c3ccccc3)cc12. The minimum atomic E-state index is 1.17. The van der Waals surface area contributed by atoms with Gasteiger partial charge in [-0.2, -0.15) is 0 Å². The molecule has 0 N–H and O–H groups in total. The second-order valence-electron chi connectivity index (χ2n) is 7.55. The van der Waals surface area contributed by atoms with Crippen LogP contribution >= 0.6 is 0 Å². The molecule has 1 nitrogen and oxygen atoms in total. The largest absolute Gasteiger partial charge is 0.344 e. The van der Waals surface area contributed by atoms with Gasteiger partial charge >= 0.3 is 0 Å². The molecule has 0 aliphatic rings. The Bertz CT molecular complexity index is 1270. The molecular weight excluding hydrogens is 362 g/mol. The van der Waals surface area contributed by atoms with Gasteiger partial charge in [-0.25, -0.2) is 0 Å². The lowest BCUT2D eigenvalue weighted by Gasteiger charge is -2.22. The molecule has 5 aromatic carbocycles. The molecule has 5 aromatic rings. The highest BCUT2D eigenvalue weighted by Gasteiger charge is 2.10. The first kappa shape index (κ1) is 18.2. The summed E-state index contributed by atoms with van der Waals surface area (Å²) in [6.45, 7) is 0. The normalized spacial score (nSPS) is 10.8. The number of nitrogens with zero attached hydrogens (tertiary/aromatic N) is 1. The highest BCUT2D eigenvalue weighted by atomic mass is 15.1. The van der Waals surface area contributed by atoms with E-state index in [0.29, 0.717) is 0 Å². The lowest BCUT2D eigenvalue weighted by molar-refractivity contribution is 1.22. The molecule has 0 saturated carbocycles. The fourth-order valence-corrected chi connectivity index (χ4v) is 4.01. The molecule has 0 radical (unpaired) electrons. The molecule has 0 aliphatic carbocycles. The van der Waals surface area contributed by atoms with E-state index in [4.69, 9.17) is 0 Å². The van der Waals surface area contributed by atoms with Gasteiger partial charge < -0.3 is 4.90 Å². The molecule has 1 heteroatoms. The van der Waals surface area contributed by atoms with Crippen LogP contribution in [0.2, 0.25) is 0 Å². The summed E-state index contributed by atoms with van der Waals surface area (Å²) >= 11 is 0. The van der Waals surface area contributed by atoms with Crippen LogP contribution in [0.5, 0.6) is 0 Å². The monoisotopic (exact) mass is 385 g/mol. The highest BCUT2D eigenvalue weighted by molar-refractivity contribution is 5.98. The molecule has 0 heterocycles. The van der Waals surface area contributed by atoms with Gasteiger partial charge in [-0.1, -0.05) is 97.1 Å². The number of hydrogen-bond acceptors (Lipinski definition) is 1. The third kappa shape index (κ3) is 3.46. The quantitative estimate of drug-likeness (QED) is 0.303. The Morgan fingerprint density at radius 1 is 0.467 bits per heavy atom. The van der Waals surface area contributed by atoms with Gasteiger partial charge in [0.15, 0.2) is 0 Å². The van der Waals surface area contributed by atoms with Gasteiger partial charge in [-0.15, -0.1) is 0 Å². The summed E-state index contributed by atoms with van der Waals surface area (Å²) in [6.07, 6.45) is 0. The second-order valence-corrected chi connectivity index (χ2v) is 7.55. The summed E-state index contributed by atoms with van der Waals surface area (Å²) < 4.78 is 0. The highest BCUT2D eigenvalue weighted by Crippen LogP contribution is 2.34. The van der Waals surface area contributed by atoms with E-state index in [1.807, 2.05) is 0 Å². The smallest absolute Gasteiger partial charge is 0.0487 e. The molecule has 144 valence electrons. The van der Waals surface area contributed by atoms with Gasteiger partial charge in [-0.3, -0.25) is 0 Å². The molecule has 0 fully saturated rings. The van der Waals surface area contributed by atoms with Crippen molar-refractivity contribution in [3.63, 3.8) is 0 Å². The van der Waals surface area contributed by atoms with Crippen molar-refractivity contribution in [3.05, 3.63) is 121 Å². The number of benzene rings is 5. The number of rotatable bonds is 4. The standard InChI is InChI=1S/C29H23N/c1-30(27-19-17-24(18-20-27)22-9-4-2-5-10-22)29-14-8-13-25-15-16-26(21-28(25)29)23-11-6-3-7-12-23/h2-21H,1H3. The molecule has 30 heavy (non-hydrogen) atoms. The van der Waals surface area contributed by atoms with Gasteiger partial charge in [0.2, 0.25) is 0 Å². The maximum atomic E-state index is 2.30. The van der Waals surface area contributed by atoms with E-state index in [1.54, 1.807) is 0 Å². The fourth-order valence-electron chi connectivity index (χ4n) is 4.01. The van der Waals surface area contributed by atoms with E-state index in [0.717, 1.165) is 0 Å². The summed E-state index contributed by atoms with van der Waals surface area (Å²) in [6, 6.07) is 43.1. The van der Waals surface area contributed by atoms with Crippen molar-refractivity contribution in [2.24, 2.45) is 0 Å². The van der Waals surface area contributed by atoms with Gasteiger partial charge in [0.05, 0.1) is 0 Å². The zero-order valence-corrected chi connectivity index (χ0v) is 17.0. The van der Waals surface area contributed by atoms with Crippen molar-refractivity contribution in [3.8, 4) is 22.3 Å². The molecular formula is C29H23N. The summed E-state index contributed by atoms with van der Waals surface area (Å²) in [5, 5.41) is 2.51. The number of hydrogen-bond donors (Lipinski definition) is 0. The van der Waals surface area contributed by atoms with Gasteiger partial charge in [0.1, 0.15) is 0 Å². The van der Waals surface area contributed by atoms with Crippen molar-refractivity contribution in [2.45, 2.75) is 0 Å². The van der Waals surface area contributed by atoms with E-state index in [9.17, 15) is 0 Å². The van der Waals surface area contributed by atoms with Crippen LogP contribution in [0.1, 0.15) is 0 Å². The summed E-state index contributed by atoms with van der Waals surface area (Å²) in [5.74, 6) is 0. The Morgan fingerprint density at radius 3 is 1.70 bits per heavy atom. The van der Waals surface area contributed by atoms with Crippen LogP contribution in [-0.4, -0.2) is 7.05 Å². The van der Waals surface area contributed by atoms with E-state index >= 15 is 0 Å². The first-order valence-corrected chi connectivity index (χ1v) is 10.3. The maximum absolute atomic E-state index is 2.30. The predicted molar refractivity (Wildman–Crippen MR) is 129 cm³/mol. The first-order chi connectivity index (χ1) is 14.8. The molecule has 0 bridgehead atoms. The fraction of sp³-hybridized carbons (Fsp3) is 0.0345. The van der Waals surface area contributed by atoms with E-state index < -0.39 is 0 Å². The van der Waals surface area contributed by atoms with Crippen LogP contribution in [0.15, 0.2) is 121 Å². The lowest BCUT2D eigenvalue weighted by Crippen LogP contribution is -2.09. The van der Waals surface area contributed by atoms with Crippen molar-refractivity contribution in [2.75, 3.05) is 11.9 Å². The van der Waals surface area contributed by atoms with Crippen LogP contribution in [0.3, 0.4) is 0 Å². The van der Waals surface area contributed by atoms with Gasteiger partial charge in [0.25, 0.3) is 0 Å². The Hall–Kier alpha value is -3.84. The van der Waals surface area contributed by atoms with E-state index in [2.05, 4.69) is 133 Å². The molecule has 0 unspecified atom stereocenters. The molecule has 0 amide bonds. The minimum Gasteiger partial charge on any atom is -0.344 e. The van der Waals surface area contributed by atoms with Crippen LogP contribution in [0.4, 0.5) is 11.4 Å². The Balaban J connectivity index is 1.53. The van der Waals surface area contributed by atoms with Crippen LogP contribution in [-0.2, 0) is 0 Å². The van der Waals surface area contributed by atoms with Crippen molar-refractivity contribution in [1.82, 2.24) is 0 Å². The van der Waals surface area contributed by atoms with Crippen LogP contribution < -0.4 is 4.90 Å². The minimum absolute atomic E-state index is 1.17. The number of anilines is 2.